The third kappa shape index (κ3) is 9.71. The van der Waals surface area contributed by atoms with Crippen molar-refractivity contribution in [2.24, 2.45) is 0 Å². The molecule has 8 aromatic rings. The van der Waals surface area contributed by atoms with E-state index in [1.807, 2.05) is 0 Å². The lowest BCUT2D eigenvalue weighted by atomic mass is 9.33. The van der Waals surface area contributed by atoms with E-state index in [-0.39, 0.29) is 39.2 Å². The first-order valence-electron chi connectivity index (χ1n) is 27.9. The van der Waals surface area contributed by atoms with E-state index in [0.717, 1.165) is 28.4 Å². The topological polar surface area (TPSA) is 9.72 Å². The van der Waals surface area contributed by atoms with Crippen LogP contribution in [0.5, 0.6) is 0 Å². The third-order valence-corrected chi connectivity index (χ3v) is 16.2. The molecule has 0 saturated carbocycles. The molecule has 10 rings (SSSR count). The maximum absolute atomic E-state index is 2.59. The summed E-state index contributed by atoms with van der Waals surface area (Å²) in [7, 11) is 0. The molecule has 2 heterocycles. The predicted octanol–water partition coefficient (Wildman–Crippen LogP) is 18.7. The summed E-state index contributed by atoms with van der Waals surface area (Å²) in [6.07, 6.45) is 0. The highest BCUT2D eigenvalue weighted by molar-refractivity contribution is 7.00. The molecule has 388 valence electrons. The Balaban J connectivity index is 1.36. The van der Waals surface area contributed by atoms with Gasteiger partial charge in [-0.3, -0.25) is 0 Å². The zero-order valence-electron chi connectivity index (χ0n) is 49.1. The Bertz CT molecular complexity index is 3300. The highest BCUT2D eigenvalue weighted by atomic mass is 15.2. The summed E-state index contributed by atoms with van der Waals surface area (Å²) >= 11 is 0. The smallest absolute Gasteiger partial charge is 0.252 e. The Kier molecular flexibility index (Phi) is 12.8. The van der Waals surface area contributed by atoms with Gasteiger partial charge in [0.15, 0.2) is 0 Å². The SMILES string of the molecule is CC(C)(C)c1ccc(-c2ccc(C(C)(C)C)cc2N(c2ccccc2)c2cc3c4c(c2)N(c2ccc(C(C)(C)C)cc2)c2ccc(C(C)(C)C)cc2B4c2cc(C(C)(C)C)ccc2N3c2ccc(C(C)(C)C)cc2)cc1. The van der Waals surface area contributed by atoms with Gasteiger partial charge in [-0.1, -0.05) is 228 Å². The van der Waals surface area contributed by atoms with Crippen molar-refractivity contribution in [3.05, 3.63) is 203 Å². The number of benzene rings is 8. The van der Waals surface area contributed by atoms with E-state index in [2.05, 4.69) is 309 Å². The molecule has 0 atom stereocenters. The second-order valence-electron chi connectivity index (χ2n) is 28.1. The molecule has 0 fully saturated rings. The fourth-order valence-corrected chi connectivity index (χ4v) is 11.4. The van der Waals surface area contributed by atoms with Crippen LogP contribution in [0.3, 0.4) is 0 Å². The second kappa shape index (κ2) is 18.5. The molecule has 3 nitrogen and oxygen atoms in total. The standard InChI is InChI=1S/C72H82BN3/c1-67(2,3)48-26-24-47(25-27-48)58-39-32-53(72(16,17)18)44-63(58)74(54-22-20-19-21-23-54)57-45-64-66-65(46-57)76(56-37-30-50(31-38-56)69(7,8)9)62-41-34-52(71(13,14)15)43-60(62)73(66)59-42-51(70(10,11)12)33-40-61(59)75(64)55-35-28-49(29-36-55)68(4,5)6/h19-46H,1-18H3. The minimum Gasteiger partial charge on any atom is -0.311 e. The van der Waals surface area contributed by atoms with E-state index < -0.39 is 0 Å². The second-order valence-corrected chi connectivity index (χ2v) is 28.1. The lowest BCUT2D eigenvalue weighted by Crippen LogP contribution is -2.61. The molecule has 0 radical (unpaired) electrons. The van der Waals surface area contributed by atoms with Crippen LogP contribution in [0, 0.1) is 0 Å². The van der Waals surface area contributed by atoms with Crippen LogP contribution in [0.1, 0.15) is 158 Å². The van der Waals surface area contributed by atoms with Crippen LogP contribution in [0.4, 0.5) is 51.2 Å². The molecule has 0 unspecified atom stereocenters. The van der Waals surface area contributed by atoms with Crippen LogP contribution in [0.25, 0.3) is 11.1 Å². The summed E-state index contributed by atoms with van der Waals surface area (Å²) in [4.78, 5) is 7.73. The van der Waals surface area contributed by atoms with Crippen LogP contribution in [0.15, 0.2) is 170 Å². The first kappa shape index (κ1) is 52.7. The van der Waals surface area contributed by atoms with Gasteiger partial charge in [-0.2, -0.15) is 0 Å². The molecule has 8 aromatic carbocycles. The lowest BCUT2D eigenvalue weighted by Gasteiger charge is -2.45. The minimum absolute atomic E-state index is 0.00415. The summed E-state index contributed by atoms with van der Waals surface area (Å²) in [6, 6.07) is 66.1. The van der Waals surface area contributed by atoms with E-state index in [1.165, 1.54) is 83.6 Å². The Morgan fingerprint density at radius 3 is 1.07 bits per heavy atom. The highest BCUT2D eigenvalue weighted by Crippen LogP contribution is 2.51. The van der Waals surface area contributed by atoms with Crippen LogP contribution in [-0.4, -0.2) is 6.71 Å². The van der Waals surface area contributed by atoms with Gasteiger partial charge in [-0.05, 0) is 155 Å². The van der Waals surface area contributed by atoms with Crippen molar-refractivity contribution in [2.45, 2.75) is 157 Å². The van der Waals surface area contributed by atoms with Crippen molar-refractivity contribution in [3.63, 3.8) is 0 Å². The van der Waals surface area contributed by atoms with Crippen LogP contribution in [0.2, 0.25) is 0 Å². The number of hydrogen-bond donors (Lipinski definition) is 0. The molecule has 0 saturated heterocycles. The molecular weight excluding hydrogens is 918 g/mol. The number of fused-ring (bicyclic) bond motifs is 4. The Morgan fingerprint density at radius 2 is 0.671 bits per heavy atom. The Hall–Kier alpha value is -6.78. The van der Waals surface area contributed by atoms with Crippen LogP contribution >= 0.6 is 0 Å². The molecule has 2 aliphatic rings. The monoisotopic (exact) mass is 1000 g/mol. The van der Waals surface area contributed by atoms with Crippen molar-refractivity contribution < 1.29 is 0 Å². The zero-order valence-corrected chi connectivity index (χ0v) is 49.1. The molecule has 0 amide bonds. The summed E-state index contributed by atoms with van der Waals surface area (Å²) in [5.41, 5.74) is 24.5. The summed E-state index contributed by atoms with van der Waals surface area (Å²) < 4.78 is 0. The number of hydrogen-bond acceptors (Lipinski definition) is 3. The number of nitrogens with zero attached hydrogens (tertiary/aromatic N) is 3. The number of rotatable bonds is 6. The van der Waals surface area contributed by atoms with Gasteiger partial charge < -0.3 is 14.7 Å². The first-order chi connectivity index (χ1) is 35.5. The third-order valence-electron chi connectivity index (χ3n) is 16.2. The Labute approximate surface area is 458 Å². The van der Waals surface area contributed by atoms with Crippen molar-refractivity contribution in [1.82, 2.24) is 0 Å². The van der Waals surface area contributed by atoms with Crippen molar-refractivity contribution in [2.75, 3.05) is 14.7 Å². The fourth-order valence-electron chi connectivity index (χ4n) is 11.4. The van der Waals surface area contributed by atoms with Gasteiger partial charge in [-0.25, -0.2) is 0 Å². The molecule has 0 spiro atoms. The van der Waals surface area contributed by atoms with E-state index in [0.29, 0.717) is 0 Å². The van der Waals surface area contributed by atoms with Gasteiger partial charge >= 0.3 is 0 Å². The predicted molar refractivity (Wildman–Crippen MR) is 333 cm³/mol. The van der Waals surface area contributed by atoms with E-state index >= 15 is 0 Å². The van der Waals surface area contributed by atoms with E-state index in [4.69, 9.17) is 0 Å². The van der Waals surface area contributed by atoms with Gasteiger partial charge in [0.05, 0.1) is 11.4 Å². The van der Waals surface area contributed by atoms with E-state index in [1.54, 1.807) is 0 Å². The van der Waals surface area contributed by atoms with E-state index in [9.17, 15) is 0 Å². The molecule has 0 aliphatic carbocycles. The summed E-state index contributed by atoms with van der Waals surface area (Å²) in [5.74, 6) is 0. The molecule has 0 N–H and O–H groups in total. The lowest BCUT2D eigenvalue weighted by molar-refractivity contribution is 0.590. The van der Waals surface area contributed by atoms with Crippen molar-refractivity contribution in [1.29, 1.82) is 0 Å². The summed E-state index contributed by atoms with van der Waals surface area (Å²) in [6.45, 7) is 41.8. The van der Waals surface area contributed by atoms with Crippen LogP contribution < -0.4 is 31.1 Å². The van der Waals surface area contributed by atoms with Gasteiger partial charge in [0, 0.05) is 45.4 Å². The summed E-state index contributed by atoms with van der Waals surface area (Å²) in [5, 5.41) is 0. The van der Waals surface area contributed by atoms with Crippen LogP contribution in [-0.2, 0) is 32.5 Å². The molecule has 0 bridgehead atoms. The first-order valence-corrected chi connectivity index (χ1v) is 27.9. The van der Waals surface area contributed by atoms with Crippen molar-refractivity contribution in [3.8, 4) is 11.1 Å². The maximum Gasteiger partial charge on any atom is 0.252 e. The minimum atomic E-state index is -0.0991. The molecule has 4 heteroatoms. The molecule has 2 aliphatic heterocycles. The van der Waals surface area contributed by atoms with Gasteiger partial charge in [0.1, 0.15) is 0 Å². The highest BCUT2D eigenvalue weighted by Gasteiger charge is 2.45. The fraction of sp³-hybridized carbons (Fsp3) is 0.333. The normalized spacial score (nSPS) is 13.8. The van der Waals surface area contributed by atoms with Gasteiger partial charge in [0.2, 0.25) is 0 Å². The Morgan fingerprint density at radius 1 is 0.316 bits per heavy atom. The average molecular weight is 1000 g/mol. The number of anilines is 9. The quantitative estimate of drug-likeness (QED) is 0.154. The molecular formula is C72H82BN3. The average Bonchev–Trinajstić information content (AvgIpc) is 3.47. The van der Waals surface area contributed by atoms with Gasteiger partial charge in [-0.15, -0.1) is 0 Å². The maximum atomic E-state index is 2.59. The zero-order chi connectivity index (χ0) is 54.7. The number of para-hydroxylation sites is 1. The largest absolute Gasteiger partial charge is 0.311 e. The molecule has 76 heavy (non-hydrogen) atoms. The molecule has 0 aromatic heterocycles. The van der Waals surface area contributed by atoms with Crippen molar-refractivity contribution >= 4 is 74.3 Å². The van der Waals surface area contributed by atoms with Gasteiger partial charge in [0.25, 0.3) is 6.71 Å².